The quantitative estimate of drug-likeness (QED) is 0.476. The van der Waals surface area contributed by atoms with Gasteiger partial charge < -0.3 is 5.32 Å². The molecule has 0 bridgehead atoms. The summed E-state index contributed by atoms with van der Waals surface area (Å²) < 4.78 is 42.5. The Kier molecular flexibility index (Phi) is 5.43. The fourth-order valence-corrected chi connectivity index (χ4v) is 4.18. The molecule has 0 saturated heterocycles. The number of fused-ring (bicyclic) bond motifs is 1. The average Bonchev–Trinajstić information content (AvgIpc) is 3.44. The molecule has 0 spiro atoms. The van der Waals surface area contributed by atoms with E-state index in [-0.39, 0.29) is 11.9 Å². The molecule has 4 aromatic rings. The van der Waals surface area contributed by atoms with E-state index >= 15 is 0 Å². The first-order valence-electron chi connectivity index (χ1n) is 10.8. The molecule has 1 aliphatic rings. The second kappa shape index (κ2) is 8.44. The number of pyridine rings is 1. The fraction of sp³-hybridized carbons (Fsp3) is 0.250. The molecular weight excluding hydrogens is 445 g/mol. The molecule has 7 nitrogen and oxygen atoms in total. The largest absolute Gasteiger partial charge is 0.433 e. The molecule has 1 amide bonds. The zero-order valence-corrected chi connectivity index (χ0v) is 18.3. The van der Waals surface area contributed by atoms with Gasteiger partial charge in [0, 0.05) is 30.9 Å². The number of nitrogens with one attached hydrogen (secondary N) is 1. The van der Waals surface area contributed by atoms with E-state index in [9.17, 15) is 18.0 Å². The Balaban J connectivity index is 1.39. The lowest BCUT2D eigenvalue weighted by Crippen LogP contribution is -2.33. The number of hydrogen-bond acceptors (Lipinski definition) is 4. The highest BCUT2D eigenvalue weighted by Crippen LogP contribution is 2.33. The van der Waals surface area contributed by atoms with E-state index in [2.05, 4.69) is 20.5 Å². The summed E-state index contributed by atoms with van der Waals surface area (Å²) in [7, 11) is 1.71. The van der Waals surface area contributed by atoms with Crippen molar-refractivity contribution in [1.29, 1.82) is 0 Å². The van der Waals surface area contributed by atoms with Crippen molar-refractivity contribution in [3.05, 3.63) is 77.9 Å². The maximum atomic E-state index is 13.1. The summed E-state index contributed by atoms with van der Waals surface area (Å²) in [5.41, 5.74) is 2.55. The van der Waals surface area contributed by atoms with Gasteiger partial charge >= 0.3 is 6.18 Å². The Morgan fingerprint density at radius 1 is 1.03 bits per heavy atom. The molecule has 4 heterocycles. The van der Waals surface area contributed by atoms with Crippen LogP contribution in [0.1, 0.15) is 40.8 Å². The zero-order chi connectivity index (χ0) is 23.9. The SMILES string of the molecule is Cn1nc(-c2ccccc2)cc1C(=O)NC1CCCn2nc(-c3ccnc(C(F)(F)F)c3)cc21. The highest BCUT2D eigenvalue weighted by atomic mass is 19.4. The Hall–Kier alpha value is -3.95. The lowest BCUT2D eigenvalue weighted by Gasteiger charge is -2.24. The van der Waals surface area contributed by atoms with Crippen LogP contribution in [0.5, 0.6) is 0 Å². The van der Waals surface area contributed by atoms with Crippen LogP contribution in [-0.2, 0) is 19.8 Å². The Labute approximate surface area is 193 Å². The molecule has 1 unspecified atom stereocenters. The minimum atomic E-state index is -4.53. The first-order chi connectivity index (χ1) is 16.3. The van der Waals surface area contributed by atoms with Crippen LogP contribution in [-0.4, -0.2) is 30.5 Å². The number of hydrogen-bond donors (Lipinski definition) is 1. The molecule has 1 atom stereocenters. The lowest BCUT2D eigenvalue weighted by molar-refractivity contribution is -0.141. The van der Waals surface area contributed by atoms with Crippen molar-refractivity contribution < 1.29 is 18.0 Å². The maximum Gasteiger partial charge on any atom is 0.433 e. The first kappa shape index (κ1) is 21.9. The smallest absolute Gasteiger partial charge is 0.342 e. The molecule has 1 aromatic carbocycles. The van der Waals surface area contributed by atoms with Gasteiger partial charge in [-0.2, -0.15) is 23.4 Å². The summed E-state index contributed by atoms with van der Waals surface area (Å²) in [6, 6.07) is 15.2. The van der Waals surface area contributed by atoms with Crippen molar-refractivity contribution in [2.24, 2.45) is 7.05 Å². The molecule has 0 radical (unpaired) electrons. The van der Waals surface area contributed by atoms with Gasteiger partial charge in [-0.3, -0.25) is 19.1 Å². The molecule has 1 N–H and O–H groups in total. The van der Waals surface area contributed by atoms with Crippen LogP contribution in [0.3, 0.4) is 0 Å². The standard InChI is InChI=1S/C24H21F3N6O/c1-32-21(14-18(30-32)15-6-3-2-4-7-15)23(34)29-17-8-5-11-33-20(17)13-19(31-33)16-9-10-28-22(12-16)24(25,26)27/h2-4,6-7,9-10,12-14,17H,5,8,11H2,1H3,(H,29,34). The molecule has 174 valence electrons. The number of aryl methyl sites for hydroxylation is 2. The van der Waals surface area contributed by atoms with Crippen molar-refractivity contribution in [3.63, 3.8) is 0 Å². The Morgan fingerprint density at radius 2 is 1.79 bits per heavy atom. The van der Waals surface area contributed by atoms with Gasteiger partial charge in [-0.25, -0.2) is 0 Å². The van der Waals surface area contributed by atoms with E-state index in [1.165, 1.54) is 6.07 Å². The van der Waals surface area contributed by atoms with E-state index in [1.54, 1.807) is 28.5 Å². The van der Waals surface area contributed by atoms with Crippen LogP contribution >= 0.6 is 0 Å². The van der Waals surface area contributed by atoms with Gasteiger partial charge in [0.1, 0.15) is 11.4 Å². The van der Waals surface area contributed by atoms with Crippen molar-refractivity contribution in [3.8, 4) is 22.5 Å². The molecule has 34 heavy (non-hydrogen) atoms. The number of alkyl halides is 3. The van der Waals surface area contributed by atoms with Crippen LogP contribution in [0, 0.1) is 0 Å². The maximum absolute atomic E-state index is 13.1. The van der Waals surface area contributed by atoms with Gasteiger partial charge in [-0.05, 0) is 37.1 Å². The van der Waals surface area contributed by atoms with Crippen LogP contribution in [0.25, 0.3) is 22.5 Å². The number of nitrogens with zero attached hydrogens (tertiary/aromatic N) is 5. The normalized spacial score (nSPS) is 15.7. The molecule has 0 aliphatic carbocycles. The fourth-order valence-electron chi connectivity index (χ4n) is 4.18. The lowest BCUT2D eigenvalue weighted by atomic mass is 10.0. The third-order valence-electron chi connectivity index (χ3n) is 5.86. The number of carbonyl (C=O) groups is 1. The number of rotatable bonds is 4. The summed E-state index contributed by atoms with van der Waals surface area (Å²) in [6.45, 7) is 0.628. The minimum absolute atomic E-state index is 0.276. The Morgan fingerprint density at radius 3 is 2.56 bits per heavy atom. The van der Waals surface area contributed by atoms with Crippen molar-refractivity contribution in [1.82, 2.24) is 29.9 Å². The van der Waals surface area contributed by atoms with E-state index in [1.807, 2.05) is 30.3 Å². The van der Waals surface area contributed by atoms with E-state index in [0.717, 1.165) is 29.9 Å². The molecule has 1 aliphatic heterocycles. The van der Waals surface area contributed by atoms with E-state index in [0.29, 0.717) is 35.6 Å². The van der Waals surface area contributed by atoms with Gasteiger partial charge in [-0.1, -0.05) is 30.3 Å². The van der Waals surface area contributed by atoms with Gasteiger partial charge in [0.15, 0.2) is 0 Å². The highest BCUT2D eigenvalue weighted by molar-refractivity contribution is 5.94. The van der Waals surface area contributed by atoms with E-state index in [4.69, 9.17) is 0 Å². The molecular formula is C24H21F3N6O. The second-order valence-corrected chi connectivity index (χ2v) is 8.18. The summed E-state index contributed by atoms with van der Waals surface area (Å²) >= 11 is 0. The first-order valence-corrected chi connectivity index (χ1v) is 10.8. The van der Waals surface area contributed by atoms with Crippen LogP contribution < -0.4 is 5.32 Å². The molecule has 0 saturated carbocycles. The number of aromatic nitrogens is 5. The van der Waals surface area contributed by atoms with Crippen molar-refractivity contribution in [2.75, 3.05) is 0 Å². The average molecular weight is 466 g/mol. The highest BCUT2D eigenvalue weighted by Gasteiger charge is 2.33. The van der Waals surface area contributed by atoms with Gasteiger partial charge in [0.2, 0.25) is 0 Å². The number of halogens is 3. The molecule has 10 heteroatoms. The summed E-state index contributed by atoms with van der Waals surface area (Å²) in [6.07, 6.45) is -1.93. The predicted octanol–water partition coefficient (Wildman–Crippen LogP) is 4.63. The predicted molar refractivity (Wildman–Crippen MR) is 119 cm³/mol. The van der Waals surface area contributed by atoms with Crippen LogP contribution in [0.2, 0.25) is 0 Å². The number of carbonyl (C=O) groups excluding carboxylic acids is 1. The van der Waals surface area contributed by atoms with Gasteiger partial charge in [0.25, 0.3) is 5.91 Å². The Bertz CT molecular complexity index is 1340. The van der Waals surface area contributed by atoms with Gasteiger partial charge in [-0.15, -0.1) is 0 Å². The van der Waals surface area contributed by atoms with Crippen molar-refractivity contribution >= 4 is 5.91 Å². The number of amides is 1. The van der Waals surface area contributed by atoms with Crippen molar-refractivity contribution in [2.45, 2.75) is 31.6 Å². The second-order valence-electron chi connectivity index (χ2n) is 8.18. The molecule has 0 fully saturated rings. The zero-order valence-electron chi connectivity index (χ0n) is 18.3. The topological polar surface area (TPSA) is 77.6 Å². The molecule has 5 rings (SSSR count). The number of benzene rings is 1. The van der Waals surface area contributed by atoms with Crippen LogP contribution in [0.15, 0.2) is 60.8 Å². The monoisotopic (exact) mass is 466 g/mol. The summed E-state index contributed by atoms with van der Waals surface area (Å²) in [5.74, 6) is -0.276. The minimum Gasteiger partial charge on any atom is -0.342 e. The summed E-state index contributed by atoms with van der Waals surface area (Å²) in [5, 5.41) is 12.0. The summed E-state index contributed by atoms with van der Waals surface area (Å²) in [4.78, 5) is 16.5. The third kappa shape index (κ3) is 4.18. The van der Waals surface area contributed by atoms with E-state index < -0.39 is 11.9 Å². The van der Waals surface area contributed by atoms with Crippen LogP contribution in [0.4, 0.5) is 13.2 Å². The third-order valence-corrected chi connectivity index (χ3v) is 5.86. The van der Waals surface area contributed by atoms with Gasteiger partial charge in [0.05, 0.1) is 23.1 Å². The molecule has 3 aromatic heterocycles.